The molecule has 2 aromatic rings. The largest absolute Gasteiger partial charge is 0.497 e. The summed E-state index contributed by atoms with van der Waals surface area (Å²) in [5, 5.41) is 0. The first-order chi connectivity index (χ1) is 11.1. The maximum atomic E-state index is 12.0. The minimum Gasteiger partial charge on any atom is -0.497 e. The number of carbonyl (C=O) groups excluding carboxylic acids is 2. The van der Waals surface area contributed by atoms with Crippen LogP contribution in [-0.4, -0.2) is 26.0 Å². The van der Waals surface area contributed by atoms with Gasteiger partial charge >= 0.3 is 0 Å². The van der Waals surface area contributed by atoms with Crippen LogP contribution in [0.2, 0.25) is 0 Å². The second kappa shape index (κ2) is 7.84. The fourth-order valence-electron chi connectivity index (χ4n) is 2.00. The van der Waals surface area contributed by atoms with E-state index in [1.54, 1.807) is 49.6 Å². The molecule has 0 saturated heterocycles. The molecule has 0 radical (unpaired) electrons. The second-order valence-electron chi connectivity index (χ2n) is 4.72. The highest BCUT2D eigenvalue weighted by Gasteiger charge is 2.11. The number of benzene rings is 2. The molecule has 0 aliphatic heterocycles. The van der Waals surface area contributed by atoms with Crippen LogP contribution in [0.5, 0.6) is 11.5 Å². The molecule has 0 saturated carbocycles. The fraction of sp³-hybridized carbons (Fsp3) is 0.176. The summed E-state index contributed by atoms with van der Waals surface area (Å²) in [6.07, 6.45) is 0.0717. The van der Waals surface area contributed by atoms with Gasteiger partial charge in [-0.2, -0.15) is 0 Å². The topological polar surface area (TPSA) is 76.7 Å². The highest BCUT2D eigenvalue weighted by atomic mass is 16.5. The first-order valence-electron chi connectivity index (χ1n) is 6.99. The molecule has 0 heterocycles. The zero-order chi connectivity index (χ0) is 16.7. The van der Waals surface area contributed by atoms with E-state index in [0.717, 1.165) is 0 Å². The van der Waals surface area contributed by atoms with Crippen molar-refractivity contribution in [2.24, 2.45) is 0 Å². The predicted molar refractivity (Wildman–Crippen MR) is 85.3 cm³/mol. The van der Waals surface area contributed by atoms with Gasteiger partial charge < -0.3 is 9.47 Å². The molecular weight excluding hydrogens is 296 g/mol. The number of hydrazine groups is 1. The monoisotopic (exact) mass is 314 g/mol. The van der Waals surface area contributed by atoms with Crippen molar-refractivity contribution >= 4 is 11.8 Å². The van der Waals surface area contributed by atoms with Gasteiger partial charge in [0.05, 0.1) is 20.6 Å². The highest BCUT2D eigenvalue weighted by Crippen LogP contribution is 2.24. The van der Waals surface area contributed by atoms with E-state index >= 15 is 0 Å². The van der Waals surface area contributed by atoms with Crippen LogP contribution in [0.3, 0.4) is 0 Å². The maximum Gasteiger partial charge on any atom is 0.269 e. The molecule has 2 aromatic carbocycles. The van der Waals surface area contributed by atoms with Crippen LogP contribution >= 0.6 is 0 Å². The predicted octanol–water partition coefficient (Wildman–Crippen LogP) is 1.71. The van der Waals surface area contributed by atoms with Crippen molar-refractivity contribution in [2.45, 2.75) is 6.42 Å². The van der Waals surface area contributed by atoms with Crippen molar-refractivity contribution in [3.8, 4) is 11.5 Å². The van der Waals surface area contributed by atoms with E-state index in [-0.39, 0.29) is 18.2 Å². The Hall–Kier alpha value is -3.02. The SMILES string of the molecule is COc1ccc(CC(=O)NNC(=O)c2ccccc2)c(OC)c1. The number of hydrogen-bond acceptors (Lipinski definition) is 4. The van der Waals surface area contributed by atoms with E-state index in [9.17, 15) is 9.59 Å². The van der Waals surface area contributed by atoms with E-state index in [0.29, 0.717) is 22.6 Å². The Morgan fingerprint density at radius 2 is 1.70 bits per heavy atom. The van der Waals surface area contributed by atoms with Gasteiger partial charge in [0, 0.05) is 17.2 Å². The summed E-state index contributed by atoms with van der Waals surface area (Å²) in [5.74, 6) is 0.468. The summed E-state index contributed by atoms with van der Waals surface area (Å²) in [4.78, 5) is 23.8. The molecule has 2 N–H and O–H groups in total. The van der Waals surface area contributed by atoms with Crippen molar-refractivity contribution < 1.29 is 19.1 Å². The van der Waals surface area contributed by atoms with Gasteiger partial charge in [0.2, 0.25) is 5.91 Å². The molecule has 6 heteroatoms. The number of rotatable bonds is 5. The third-order valence-electron chi connectivity index (χ3n) is 3.20. The third-order valence-corrected chi connectivity index (χ3v) is 3.20. The standard InChI is InChI=1S/C17H18N2O4/c1-22-14-9-8-13(15(11-14)23-2)10-16(20)18-19-17(21)12-6-4-3-5-7-12/h3-9,11H,10H2,1-2H3,(H,18,20)(H,19,21). The Balaban J connectivity index is 1.93. The number of amides is 2. The van der Waals surface area contributed by atoms with Crippen LogP contribution in [0.15, 0.2) is 48.5 Å². The highest BCUT2D eigenvalue weighted by molar-refractivity contribution is 5.95. The molecular formula is C17H18N2O4. The number of hydrogen-bond donors (Lipinski definition) is 2. The molecule has 0 aromatic heterocycles. The van der Waals surface area contributed by atoms with Gasteiger partial charge in [-0.15, -0.1) is 0 Å². The molecule has 120 valence electrons. The van der Waals surface area contributed by atoms with Crippen molar-refractivity contribution in [1.82, 2.24) is 10.9 Å². The van der Waals surface area contributed by atoms with Crippen LogP contribution in [0.1, 0.15) is 15.9 Å². The average Bonchev–Trinajstić information content (AvgIpc) is 2.60. The Bertz CT molecular complexity index is 686. The minimum atomic E-state index is -0.374. The van der Waals surface area contributed by atoms with Crippen LogP contribution < -0.4 is 20.3 Å². The third kappa shape index (κ3) is 4.47. The summed E-state index contributed by atoms with van der Waals surface area (Å²) in [6.45, 7) is 0. The first-order valence-corrected chi connectivity index (χ1v) is 6.99. The number of methoxy groups -OCH3 is 2. The Morgan fingerprint density at radius 1 is 0.957 bits per heavy atom. The van der Waals surface area contributed by atoms with Crippen LogP contribution in [0.25, 0.3) is 0 Å². The fourth-order valence-corrected chi connectivity index (χ4v) is 2.00. The summed E-state index contributed by atoms with van der Waals surface area (Å²) < 4.78 is 10.3. The minimum absolute atomic E-state index is 0.0717. The van der Waals surface area contributed by atoms with Crippen molar-refractivity contribution in [2.75, 3.05) is 14.2 Å². The van der Waals surface area contributed by atoms with Crippen LogP contribution in [-0.2, 0) is 11.2 Å². The molecule has 0 aliphatic rings. The Labute approximate surface area is 134 Å². The Kier molecular flexibility index (Phi) is 5.57. The van der Waals surface area contributed by atoms with Gasteiger partial charge in [-0.3, -0.25) is 20.4 Å². The summed E-state index contributed by atoms with van der Waals surface area (Å²) in [5.41, 5.74) is 5.92. The Morgan fingerprint density at radius 3 is 2.35 bits per heavy atom. The van der Waals surface area contributed by atoms with E-state index in [2.05, 4.69) is 10.9 Å². The van der Waals surface area contributed by atoms with E-state index in [4.69, 9.17) is 9.47 Å². The van der Waals surface area contributed by atoms with Gasteiger partial charge in [0.1, 0.15) is 11.5 Å². The van der Waals surface area contributed by atoms with E-state index < -0.39 is 0 Å². The molecule has 2 amide bonds. The van der Waals surface area contributed by atoms with Gasteiger partial charge in [-0.25, -0.2) is 0 Å². The number of ether oxygens (including phenoxy) is 2. The molecule has 6 nitrogen and oxygen atoms in total. The van der Waals surface area contributed by atoms with Crippen molar-refractivity contribution in [3.63, 3.8) is 0 Å². The molecule has 0 aliphatic carbocycles. The molecule has 0 spiro atoms. The van der Waals surface area contributed by atoms with Gasteiger partial charge in [-0.05, 0) is 18.2 Å². The van der Waals surface area contributed by atoms with E-state index in [1.165, 1.54) is 7.11 Å². The summed E-state index contributed by atoms with van der Waals surface area (Å²) >= 11 is 0. The van der Waals surface area contributed by atoms with Crippen LogP contribution in [0.4, 0.5) is 0 Å². The lowest BCUT2D eigenvalue weighted by Crippen LogP contribution is -2.42. The van der Waals surface area contributed by atoms with Crippen LogP contribution in [0, 0.1) is 0 Å². The molecule has 2 rings (SSSR count). The van der Waals surface area contributed by atoms with Gasteiger partial charge in [-0.1, -0.05) is 24.3 Å². The first kappa shape index (κ1) is 16.4. The molecule has 0 bridgehead atoms. The number of carbonyl (C=O) groups is 2. The van der Waals surface area contributed by atoms with Gasteiger partial charge in [0.15, 0.2) is 0 Å². The zero-order valence-corrected chi connectivity index (χ0v) is 13.0. The average molecular weight is 314 g/mol. The lowest BCUT2D eigenvalue weighted by atomic mass is 10.1. The maximum absolute atomic E-state index is 12.0. The van der Waals surface area contributed by atoms with E-state index in [1.807, 2.05) is 6.07 Å². The zero-order valence-electron chi connectivity index (χ0n) is 13.0. The second-order valence-corrected chi connectivity index (χ2v) is 4.72. The lowest BCUT2D eigenvalue weighted by Gasteiger charge is -2.11. The smallest absolute Gasteiger partial charge is 0.269 e. The molecule has 0 atom stereocenters. The molecule has 23 heavy (non-hydrogen) atoms. The quantitative estimate of drug-likeness (QED) is 0.824. The lowest BCUT2D eigenvalue weighted by molar-refractivity contribution is -0.121. The normalized spacial score (nSPS) is 9.83. The summed E-state index contributed by atoms with van der Waals surface area (Å²) in [6, 6.07) is 13.8. The number of nitrogens with one attached hydrogen (secondary N) is 2. The van der Waals surface area contributed by atoms with Crippen molar-refractivity contribution in [1.29, 1.82) is 0 Å². The van der Waals surface area contributed by atoms with Crippen molar-refractivity contribution in [3.05, 3.63) is 59.7 Å². The molecule has 0 unspecified atom stereocenters. The summed E-state index contributed by atoms with van der Waals surface area (Å²) in [7, 11) is 3.08. The molecule has 0 fully saturated rings. The van der Waals surface area contributed by atoms with Gasteiger partial charge in [0.25, 0.3) is 5.91 Å².